The Hall–Kier alpha value is -1.42. The second-order valence-electron chi connectivity index (χ2n) is 2.97. The number of aromatic carboxylic acids is 1. The van der Waals surface area contributed by atoms with Gasteiger partial charge in [0.05, 0.1) is 0 Å². The molecule has 0 aliphatic rings. The number of carbonyl (C=O) groups is 1. The summed E-state index contributed by atoms with van der Waals surface area (Å²) in [6.07, 6.45) is 0. The normalized spacial score (nSPS) is 10.7. The van der Waals surface area contributed by atoms with Crippen molar-refractivity contribution in [3.05, 3.63) is 34.5 Å². The van der Waals surface area contributed by atoms with E-state index in [1.807, 2.05) is 0 Å². The van der Waals surface area contributed by atoms with Gasteiger partial charge in [0.15, 0.2) is 0 Å². The van der Waals surface area contributed by atoms with Gasteiger partial charge in [0.1, 0.15) is 10.7 Å². The van der Waals surface area contributed by atoms with Gasteiger partial charge < -0.3 is 5.11 Å². The average Bonchev–Trinajstić information content (AvgIpc) is 2.45. The van der Waals surface area contributed by atoms with Crippen LogP contribution in [0, 0.1) is 12.7 Å². The number of benzene rings is 1. The molecule has 0 aliphatic carbocycles. The van der Waals surface area contributed by atoms with Gasteiger partial charge in [-0.2, -0.15) is 0 Å². The Morgan fingerprint density at radius 3 is 2.79 bits per heavy atom. The molecule has 4 heteroatoms. The highest BCUT2D eigenvalue weighted by atomic mass is 32.1. The third-order valence-electron chi connectivity index (χ3n) is 2.10. The van der Waals surface area contributed by atoms with Crippen LogP contribution in [0.2, 0.25) is 0 Å². The summed E-state index contributed by atoms with van der Waals surface area (Å²) >= 11 is 1.11. The fraction of sp³-hybridized carbons (Fsp3) is 0.100. The first-order chi connectivity index (χ1) is 6.61. The van der Waals surface area contributed by atoms with E-state index in [0.29, 0.717) is 15.6 Å². The van der Waals surface area contributed by atoms with E-state index >= 15 is 0 Å². The van der Waals surface area contributed by atoms with Crippen molar-refractivity contribution in [3.8, 4) is 0 Å². The highest BCUT2D eigenvalue weighted by Crippen LogP contribution is 2.32. The second kappa shape index (κ2) is 3.06. The van der Waals surface area contributed by atoms with Crippen LogP contribution in [0.5, 0.6) is 0 Å². The summed E-state index contributed by atoms with van der Waals surface area (Å²) < 4.78 is 14.0. The maximum atomic E-state index is 13.3. The molecule has 1 heterocycles. The summed E-state index contributed by atoms with van der Waals surface area (Å²) in [7, 11) is 0. The molecule has 2 nitrogen and oxygen atoms in total. The van der Waals surface area contributed by atoms with Gasteiger partial charge in [-0.3, -0.25) is 0 Å². The maximum Gasteiger partial charge on any atom is 0.346 e. The Kier molecular flexibility index (Phi) is 2.00. The Morgan fingerprint density at radius 2 is 2.21 bits per heavy atom. The molecule has 72 valence electrons. The quantitative estimate of drug-likeness (QED) is 0.785. The summed E-state index contributed by atoms with van der Waals surface area (Å²) in [6, 6.07) is 4.65. The van der Waals surface area contributed by atoms with Gasteiger partial charge in [-0.25, -0.2) is 9.18 Å². The van der Waals surface area contributed by atoms with Gasteiger partial charge in [0, 0.05) is 10.1 Å². The highest BCUT2D eigenvalue weighted by Gasteiger charge is 2.16. The number of fused-ring (bicyclic) bond motifs is 1. The number of hydrogen-bond donors (Lipinski definition) is 1. The molecule has 1 aromatic carbocycles. The molecular weight excluding hydrogens is 203 g/mol. The minimum Gasteiger partial charge on any atom is -0.477 e. The van der Waals surface area contributed by atoms with Crippen molar-refractivity contribution in [3.63, 3.8) is 0 Å². The summed E-state index contributed by atoms with van der Waals surface area (Å²) in [5, 5.41) is 9.27. The highest BCUT2D eigenvalue weighted by molar-refractivity contribution is 7.21. The number of carboxylic acid groups (broad SMARTS) is 1. The molecule has 0 atom stereocenters. The fourth-order valence-electron chi connectivity index (χ4n) is 1.46. The number of halogens is 1. The average molecular weight is 210 g/mol. The van der Waals surface area contributed by atoms with Crippen molar-refractivity contribution in [1.82, 2.24) is 0 Å². The lowest BCUT2D eigenvalue weighted by Crippen LogP contribution is -1.93. The van der Waals surface area contributed by atoms with Gasteiger partial charge in [-0.15, -0.1) is 11.3 Å². The Labute approximate surface area is 83.6 Å². The first kappa shape index (κ1) is 9.15. The SMILES string of the molecule is Cc1c(C(=O)O)sc2cccc(F)c12. The molecule has 14 heavy (non-hydrogen) atoms. The number of carboxylic acids is 1. The molecule has 2 rings (SSSR count). The zero-order valence-corrected chi connectivity index (χ0v) is 8.19. The lowest BCUT2D eigenvalue weighted by atomic mass is 10.1. The smallest absolute Gasteiger partial charge is 0.346 e. The van der Waals surface area contributed by atoms with Crippen molar-refractivity contribution < 1.29 is 14.3 Å². The molecule has 2 aromatic rings. The number of thiophene rings is 1. The van der Waals surface area contributed by atoms with Crippen LogP contribution in [0.15, 0.2) is 18.2 Å². The van der Waals surface area contributed by atoms with Crippen molar-refractivity contribution in [2.45, 2.75) is 6.92 Å². The van der Waals surface area contributed by atoms with E-state index in [9.17, 15) is 9.18 Å². The maximum absolute atomic E-state index is 13.3. The van der Waals surface area contributed by atoms with E-state index in [4.69, 9.17) is 5.11 Å². The van der Waals surface area contributed by atoms with E-state index in [2.05, 4.69) is 0 Å². The zero-order chi connectivity index (χ0) is 10.3. The standard InChI is InChI=1S/C10H7FO2S/c1-5-8-6(11)3-2-4-7(8)14-9(5)10(12)13/h2-4H,1H3,(H,12,13). The zero-order valence-electron chi connectivity index (χ0n) is 7.37. The van der Waals surface area contributed by atoms with Gasteiger partial charge in [-0.1, -0.05) is 6.07 Å². The Balaban J connectivity index is 2.87. The third kappa shape index (κ3) is 1.19. The van der Waals surface area contributed by atoms with Crippen LogP contribution in [-0.2, 0) is 0 Å². The minimum absolute atomic E-state index is 0.213. The predicted octanol–water partition coefficient (Wildman–Crippen LogP) is 3.05. The van der Waals surface area contributed by atoms with Crippen molar-refractivity contribution in [2.75, 3.05) is 0 Å². The fourth-order valence-corrected chi connectivity index (χ4v) is 2.52. The first-order valence-corrected chi connectivity index (χ1v) is 4.84. The Bertz CT molecular complexity index is 516. The minimum atomic E-state index is -0.997. The van der Waals surface area contributed by atoms with Gasteiger partial charge in [0.25, 0.3) is 0 Å². The van der Waals surface area contributed by atoms with Crippen LogP contribution in [0.25, 0.3) is 10.1 Å². The molecule has 0 unspecified atom stereocenters. The molecule has 0 saturated heterocycles. The molecule has 0 radical (unpaired) electrons. The van der Waals surface area contributed by atoms with Crippen LogP contribution in [0.3, 0.4) is 0 Å². The van der Waals surface area contributed by atoms with Crippen LogP contribution < -0.4 is 0 Å². The lowest BCUT2D eigenvalue weighted by molar-refractivity contribution is 0.0701. The monoisotopic (exact) mass is 210 g/mol. The topological polar surface area (TPSA) is 37.3 Å². The van der Waals surface area contributed by atoms with E-state index < -0.39 is 5.97 Å². The molecular formula is C10H7FO2S. The molecule has 1 N–H and O–H groups in total. The predicted molar refractivity (Wildman–Crippen MR) is 53.5 cm³/mol. The van der Waals surface area contributed by atoms with E-state index in [-0.39, 0.29) is 10.7 Å². The summed E-state index contributed by atoms with van der Waals surface area (Å²) in [5.41, 5.74) is 0.510. The van der Waals surface area contributed by atoms with Crippen molar-refractivity contribution in [1.29, 1.82) is 0 Å². The first-order valence-electron chi connectivity index (χ1n) is 4.02. The molecule has 0 amide bonds. The van der Waals surface area contributed by atoms with E-state index in [1.165, 1.54) is 6.07 Å². The molecule has 1 aromatic heterocycles. The van der Waals surface area contributed by atoms with Crippen LogP contribution in [0.1, 0.15) is 15.2 Å². The van der Waals surface area contributed by atoms with Crippen LogP contribution in [0.4, 0.5) is 4.39 Å². The largest absolute Gasteiger partial charge is 0.477 e. The number of aryl methyl sites for hydroxylation is 1. The molecule has 0 fully saturated rings. The van der Waals surface area contributed by atoms with Crippen LogP contribution in [-0.4, -0.2) is 11.1 Å². The summed E-state index contributed by atoms with van der Waals surface area (Å²) in [5.74, 6) is -1.35. The summed E-state index contributed by atoms with van der Waals surface area (Å²) in [6.45, 7) is 1.63. The molecule has 0 aliphatic heterocycles. The second-order valence-corrected chi connectivity index (χ2v) is 4.03. The lowest BCUT2D eigenvalue weighted by Gasteiger charge is -1.93. The van der Waals surface area contributed by atoms with Gasteiger partial charge >= 0.3 is 5.97 Å². The molecule has 0 bridgehead atoms. The van der Waals surface area contributed by atoms with E-state index in [1.54, 1.807) is 19.1 Å². The van der Waals surface area contributed by atoms with Gasteiger partial charge in [-0.05, 0) is 24.6 Å². The van der Waals surface area contributed by atoms with Crippen molar-refractivity contribution >= 4 is 27.4 Å². The summed E-state index contributed by atoms with van der Waals surface area (Å²) in [4.78, 5) is 11.0. The third-order valence-corrected chi connectivity index (χ3v) is 3.34. The van der Waals surface area contributed by atoms with Gasteiger partial charge in [0.2, 0.25) is 0 Å². The van der Waals surface area contributed by atoms with Crippen molar-refractivity contribution in [2.24, 2.45) is 0 Å². The molecule has 0 saturated carbocycles. The molecule has 0 spiro atoms. The number of hydrogen-bond acceptors (Lipinski definition) is 2. The number of rotatable bonds is 1. The Morgan fingerprint density at radius 1 is 1.50 bits per heavy atom. The van der Waals surface area contributed by atoms with Crippen LogP contribution >= 0.6 is 11.3 Å². The van der Waals surface area contributed by atoms with E-state index in [0.717, 1.165) is 11.3 Å².